The fourth-order valence-corrected chi connectivity index (χ4v) is 4.64. The Hall–Kier alpha value is -0.360. The van der Waals surface area contributed by atoms with Gasteiger partial charge in [-0.2, -0.15) is 23.5 Å². The molecule has 6 heteroatoms. The van der Waals surface area contributed by atoms with E-state index in [1.54, 1.807) is 4.90 Å². The Kier molecular flexibility index (Phi) is 7.68. The number of carbonyl (C=O) groups excluding carboxylic acids is 1. The lowest BCUT2D eigenvalue weighted by molar-refractivity contribution is -0.138. The largest absolute Gasteiger partial charge is 0.481 e. The van der Waals surface area contributed by atoms with Crippen LogP contribution < -0.4 is 0 Å². The minimum absolute atomic E-state index is 0.0328. The summed E-state index contributed by atoms with van der Waals surface area (Å²) in [6, 6.07) is 0. The summed E-state index contributed by atoms with van der Waals surface area (Å²) in [6.07, 6.45) is 0.578. The Labute approximate surface area is 123 Å². The second kappa shape index (κ2) is 8.74. The standard InChI is InChI=1S/C13H23NO3S2/c1-10(2)8-14(4-3-13(16)17)12(15)7-11-9-18-5-6-19-11/h10-11H,3-9H2,1-2H3,(H,16,17). The number of carboxylic acids is 1. The molecule has 0 aromatic carbocycles. The fourth-order valence-electron chi connectivity index (χ4n) is 1.97. The molecular weight excluding hydrogens is 282 g/mol. The summed E-state index contributed by atoms with van der Waals surface area (Å²) in [5, 5.41) is 9.15. The molecular formula is C13H23NO3S2. The maximum absolute atomic E-state index is 12.3. The molecule has 1 amide bonds. The van der Waals surface area contributed by atoms with Crippen molar-refractivity contribution in [1.29, 1.82) is 0 Å². The van der Waals surface area contributed by atoms with Gasteiger partial charge in [-0.05, 0) is 5.92 Å². The lowest BCUT2D eigenvalue weighted by atomic mass is 10.2. The van der Waals surface area contributed by atoms with Crippen LogP contribution in [0, 0.1) is 5.92 Å². The number of hydrogen-bond donors (Lipinski definition) is 1. The fraction of sp³-hybridized carbons (Fsp3) is 0.846. The van der Waals surface area contributed by atoms with Gasteiger partial charge in [-0.3, -0.25) is 9.59 Å². The summed E-state index contributed by atoms with van der Waals surface area (Å²) >= 11 is 3.77. The first kappa shape index (κ1) is 16.7. The highest BCUT2D eigenvalue weighted by Crippen LogP contribution is 2.26. The van der Waals surface area contributed by atoms with Crippen molar-refractivity contribution in [2.24, 2.45) is 5.92 Å². The van der Waals surface area contributed by atoms with E-state index >= 15 is 0 Å². The Morgan fingerprint density at radius 3 is 2.63 bits per heavy atom. The van der Waals surface area contributed by atoms with Crippen molar-refractivity contribution in [3.8, 4) is 0 Å². The highest BCUT2D eigenvalue weighted by atomic mass is 32.2. The third-order valence-corrected chi connectivity index (χ3v) is 5.67. The van der Waals surface area contributed by atoms with Crippen LogP contribution >= 0.6 is 23.5 Å². The van der Waals surface area contributed by atoms with Gasteiger partial charge in [0.15, 0.2) is 0 Å². The highest BCUT2D eigenvalue weighted by Gasteiger charge is 2.22. The molecule has 1 heterocycles. The third-order valence-electron chi connectivity index (χ3n) is 2.82. The molecule has 110 valence electrons. The van der Waals surface area contributed by atoms with Crippen molar-refractivity contribution in [3.05, 3.63) is 0 Å². The number of thioether (sulfide) groups is 2. The van der Waals surface area contributed by atoms with E-state index in [1.807, 2.05) is 37.4 Å². The van der Waals surface area contributed by atoms with Gasteiger partial charge in [0, 0.05) is 42.0 Å². The molecule has 1 fully saturated rings. The van der Waals surface area contributed by atoms with E-state index in [1.165, 1.54) is 5.75 Å². The molecule has 0 radical (unpaired) electrons. The summed E-state index contributed by atoms with van der Waals surface area (Å²) in [6.45, 7) is 5.08. The highest BCUT2D eigenvalue weighted by molar-refractivity contribution is 8.06. The van der Waals surface area contributed by atoms with Crippen LogP contribution in [0.2, 0.25) is 0 Å². The molecule has 0 saturated carbocycles. The molecule has 0 aromatic heterocycles. The monoisotopic (exact) mass is 305 g/mol. The number of carboxylic acid groups (broad SMARTS) is 1. The minimum Gasteiger partial charge on any atom is -0.481 e. The Bertz CT molecular complexity index is 304. The second-order valence-electron chi connectivity index (χ2n) is 5.15. The van der Waals surface area contributed by atoms with Gasteiger partial charge < -0.3 is 10.0 Å². The van der Waals surface area contributed by atoms with Gasteiger partial charge in [0.25, 0.3) is 0 Å². The molecule has 0 aliphatic carbocycles. The zero-order valence-electron chi connectivity index (χ0n) is 11.6. The number of carbonyl (C=O) groups is 2. The Balaban J connectivity index is 2.46. The molecule has 1 rings (SSSR count). The summed E-state index contributed by atoms with van der Waals surface area (Å²) in [7, 11) is 0. The van der Waals surface area contributed by atoms with Crippen molar-refractivity contribution in [1.82, 2.24) is 4.90 Å². The van der Waals surface area contributed by atoms with Crippen molar-refractivity contribution in [3.63, 3.8) is 0 Å². The first-order valence-electron chi connectivity index (χ1n) is 6.68. The summed E-state index contributed by atoms with van der Waals surface area (Å²) in [5.41, 5.74) is 0. The van der Waals surface area contributed by atoms with E-state index in [0.717, 1.165) is 11.5 Å². The molecule has 1 aliphatic heterocycles. The van der Waals surface area contributed by atoms with Gasteiger partial charge in [-0.25, -0.2) is 0 Å². The van der Waals surface area contributed by atoms with Gasteiger partial charge >= 0.3 is 5.97 Å². The molecule has 1 saturated heterocycles. The zero-order valence-corrected chi connectivity index (χ0v) is 13.3. The zero-order chi connectivity index (χ0) is 14.3. The Morgan fingerprint density at radius 2 is 2.11 bits per heavy atom. The first-order valence-corrected chi connectivity index (χ1v) is 8.88. The molecule has 4 nitrogen and oxygen atoms in total. The van der Waals surface area contributed by atoms with Crippen LogP contribution in [0.5, 0.6) is 0 Å². The predicted octanol–water partition coefficient (Wildman–Crippen LogP) is 2.18. The van der Waals surface area contributed by atoms with Crippen LogP contribution in [-0.2, 0) is 9.59 Å². The van der Waals surface area contributed by atoms with Crippen LogP contribution in [0.1, 0.15) is 26.7 Å². The van der Waals surface area contributed by atoms with E-state index in [4.69, 9.17) is 5.11 Å². The molecule has 19 heavy (non-hydrogen) atoms. The SMILES string of the molecule is CC(C)CN(CCC(=O)O)C(=O)CC1CSCCS1. The number of hydrogen-bond acceptors (Lipinski definition) is 4. The maximum atomic E-state index is 12.3. The minimum atomic E-state index is -0.843. The van der Waals surface area contributed by atoms with Crippen molar-refractivity contribution < 1.29 is 14.7 Å². The van der Waals surface area contributed by atoms with E-state index in [-0.39, 0.29) is 12.3 Å². The number of aliphatic carboxylic acids is 1. The van der Waals surface area contributed by atoms with Crippen LogP contribution in [-0.4, -0.2) is 57.5 Å². The quantitative estimate of drug-likeness (QED) is 0.781. The lowest BCUT2D eigenvalue weighted by Gasteiger charge is -2.27. The average molecular weight is 305 g/mol. The topological polar surface area (TPSA) is 57.6 Å². The van der Waals surface area contributed by atoms with Gasteiger partial charge in [0.1, 0.15) is 0 Å². The van der Waals surface area contributed by atoms with E-state index in [2.05, 4.69) is 0 Å². The van der Waals surface area contributed by atoms with Gasteiger partial charge in [0.05, 0.1) is 6.42 Å². The van der Waals surface area contributed by atoms with Crippen LogP contribution in [0.15, 0.2) is 0 Å². The smallest absolute Gasteiger partial charge is 0.305 e. The molecule has 1 atom stereocenters. The van der Waals surface area contributed by atoms with E-state index < -0.39 is 5.97 Å². The number of rotatable bonds is 7. The van der Waals surface area contributed by atoms with E-state index in [0.29, 0.717) is 30.7 Å². The molecule has 0 spiro atoms. The predicted molar refractivity (Wildman–Crippen MR) is 81.9 cm³/mol. The van der Waals surface area contributed by atoms with Gasteiger partial charge in [0.2, 0.25) is 5.91 Å². The lowest BCUT2D eigenvalue weighted by Crippen LogP contribution is -2.38. The summed E-state index contributed by atoms with van der Waals surface area (Å²) in [4.78, 5) is 24.6. The number of nitrogens with zero attached hydrogens (tertiary/aromatic N) is 1. The van der Waals surface area contributed by atoms with Crippen LogP contribution in [0.3, 0.4) is 0 Å². The van der Waals surface area contributed by atoms with Crippen molar-refractivity contribution in [2.45, 2.75) is 31.9 Å². The summed E-state index contributed by atoms with van der Waals surface area (Å²) < 4.78 is 0. The molecule has 0 bridgehead atoms. The summed E-state index contributed by atoms with van der Waals surface area (Å²) in [5.74, 6) is 2.95. The van der Waals surface area contributed by atoms with Gasteiger partial charge in [-0.15, -0.1) is 0 Å². The number of amides is 1. The molecule has 0 aromatic rings. The van der Waals surface area contributed by atoms with E-state index in [9.17, 15) is 9.59 Å². The first-order chi connectivity index (χ1) is 8.99. The maximum Gasteiger partial charge on any atom is 0.305 e. The van der Waals surface area contributed by atoms with Crippen molar-refractivity contribution in [2.75, 3.05) is 30.3 Å². The Morgan fingerprint density at radius 1 is 1.37 bits per heavy atom. The van der Waals surface area contributed by atoms with Gasteiger partial charge in [-0.1, -0.05) is 13.8 Å². The average Bonchev–Trinajstić information content (AvgIpc) is 2.35. The molecule has 1 unspecified atom stereocenters. The normalized spacial score (nSPS) is 19.4. The molecule has 1 aliphatic rings. The third kappa shape index (κ3) is 7.11. The van der Waals surface area contributed by atoms with Crippen LogP contribution in [0.25, 0.3) is 0 Å². The van der Waals surface area contributed by atoms with Crippen molar-refractivity contribution >= 4 is 35.4 Å². The molecule has 1 N–H and O–H groups in total. The van der Waals surface area contributed by atoms with Crippen LogP contribution in [0.4, 0.5) is 0 Å². The second-order valence-corrected chi connectivity index (χ2v) is 7.71.